The van der Waals surface area contributed by atoms with Crippen LogP contribution in [0.1, 0.15) is 48.0 Å². The van der Waals surface area contributed by atoms with Crippen molar-refractivity contribution in [3.05, 3.63) is 58.8 Å². The van der Waals surface area contributed by atoms with Gasteiger partial charge in [0, 0.05) is 43.5 Å². The van der Waals surface area contributed by atoms with Gasteiger partial charge in [-0.15, -0.1) is 0 Å². The maximum atomic E-state index is 14.1. The Kier molecular flexibility index (Phi) is 4.22. The predicted octanol–water partition coefficient (Wildman–Crippen LogP) is 3.48. The first-order valence-electron chi connectivity index (χ1n) is 9.88. The summed E-state index contributed by atoms with van der Waals surface area (Å²) in [5.74, 6) is 0.350. The fraction of sp³-hybridized carbons (Fsp3) is 0.318. The molecule has 2 aromatic heterocycles. The number of benzene rings is 1. The zero-order valence-corrected chi connectivity index (χ0v) is 16.8. The van der Waals surface area contributed by atoms with Crippen molar-refractivity contribution in [3.63, 3.8) is 0 Å². The van der Waals surface area contributed by atoms with Crippen LogP contribution in [0.5, 0.6) is 5.75 Å². The van der Waals surface area contributed by atoms with Crippen LogP contribution in [0.2, 0.25) is 0 Å². The van der Waals surface area contributed by atoms with Gasteiger partial charge in [-0.2, -0.15) is 10.4 Å². The second-order valence-electron chi connectivity index (χ2n) is 7.82. The number of rotatable bonds is 0. The normalized spacial score (nSPS) is 20.3. The van der Waals surface area contributed by atoms with Crippen LogP contribution in [0.3, 0.4) is 0 Å². The number of nitrogen functional groups attached to an aromatic ring is 1. The highest BCUT2D eigenvalue weighted by Crippen LogP contribution is 2.42. The fourth-order valence-electron chi connectivity index (χ4n) is 4.44. The van der Waals surface area contributed by atoms with E-state index in [1.807, 2.05) is 13.0 Å². The molecule has 1 saturated heterocycles. The Bertz CT molecular complexity index is 1200. The Hall–Kier alpha value is -3.44. The fourth-order valence-corrected chi connectivity index (χ4v) is 4.44. The van der Waals surface area contributed by atoms with E-state index in [0.29, 0.717) is 18.0 Å². The van der Waals surface area contributed by atoms with E-state index in [2.05, 4.69) is 21.1 Å². The van der Waals surface area contributed by atoms with Crippen molar-refractivity contribution in [2.75, 3.05) is 12.3 Å². The van der Waals surface area contributed by atoms with E-state index >= 15 is 0 Å². The summed E-state index contributed by atoms with van der Waals surface area (Å²) in [5.41, 5.74) is 10.7. The van der Waals surface area contributed by atoms with E-state index < -0.39 is 6.10 Å². The van der Waals surface area contributed by atoms with E-state index in [1.54, 1.807) is 24.0 Å². The smallest absolute Gasteiger partial charge is 0.166 e. The van der Waals surface area contributed by atoms with Gasteiger partial charge < -0.3 is 10.5 Å². The van der Waals surface area contributed by atoms with Gasteiger partial charge in [0.05, 0.1) is 5.69 Å². The van der Waals surface area contributed by atoms with Crippen molar-refractivity contribution in [2.24, 2.45) is 7.05 Å². The molecule has 2 N–H and O–H groups in total. The molecule has 2 aliphatic heterocycles. The first-order valence-corrected chi connectivity index (χ1v) is 9.88. The number of aryl methyl sites for hydroxylation is 1. The van der Waals surface area contributed by atoms with Gasteiger partial charge >= 0.3 is 0 Å². The number of fused-ring (bicyclic) bond motifs is 7. The lowest BCUT2D eigenvalue weighted by atomic mass is 9.88. The number of halogens is 1. The van der Waals surface area contributed by atoms with E-state index in [0.717, 1.165) is 40.9 Å². The summed E-state index contributed by atoms with van der Waals surface area (Å²) in [6, 6.07) is 9.05. The standard InChI is InChI=1S/C22H21FN6O/c1-12-16-8-14(23)3-4-15(16)18-5-6-29(18)11-17-21(19(9-24)28(2)27-17)13-7-20(30-12)22(25)26-10-13/h3-4,7-8,10,12,18H,5-6,11H2,1-2H3,(H2,25,26). The molecule has 1 fully saturated rings. The highest BCUT2D eigenvalue weighted by molar-refractivity contribution is 5.73. The molecular weight excluding hydrogens is 383 g/mol. The van der Waals surface area contributed by atoms with Gasteiger partial charge in [0.1, 0.15) is 23.7 Å². The number of pyridine rings is 1. The minimum atomic E-state index is -0.416. The lowest BCUT2D eigenvalue weighted by Crippen LogP contribution is -2.41. The van der Waals surface area contributed by atoms with Gasteiger partial charge in [0.15, 0.2) is 11.6 Å². The molecule has 2 bridgehead atoms. The maximum Gasteiger partial charge on any atom is 0.166 e. The third-order valence-electron chi connectivity index (χ3n) is 6.03. The molecule has 0 spiro atoms. The Morgan fingerprint density at radius 1 is 1.30 bits per heavy atom. The van der Waals surface area contributed by atoms with Gasteiger partial charge in [-0.3, -0.25) is 9.58 Å². The van der Waals surface area contributed by atoms with E-state index in [4.69, 9.17) is 10.5 Å². The van der Waals surface area contributed by atoms with E-state index in [9.17, 15) is 9.65 Å². The molecule has 4 heterocycles. The first kappa shape index (κ1) is 18.6. The van der Waals surface area contributed by atoms with Crippen LogP contribution in [0.15, 0.2) is 30.5 Å². The molecule has 2 atom stereocenters. The molecule has 3 aromatic rings. The predicted molar refractivity (Wildman–Crippen MR) is 109 cm³/mol. The summed E-state index contributed by atoms with van der Waals surface area (Å²) in [5, 5.41) is 14.4. The molecule has 30 heavy (non-hydrogen) atoms. The summed E-state index contributed by atoms with van der Waals surface area (Å²) in [6.45, 7) is 3.37. The van der Waals surface area contributed by atoms with Crippen LogP contribution in [0, 0.1) is 17.1 Å². The zero-order chi connectivity index (χ0) is 21.0. The van der Waals surface area contributed by atoms with Crippen molar-refractivity contribution in [1.82, 2.24) is 19.7 Å². The first-order chi connectivity index (χ1) is 14.5. The van der Waals surface area contributed by atoms with Gasteiger partial charge in [-0.05, 0) is 42.7 Å². The van der Waals surface area contributed by atoms with Crippen LogP contribution in [0.4, 0.5) is 10.2 Å². The number of anilines is 1. The summed E-state index contributed by atoms with van der Waals surface area (Å²) in [6.07, 6.45) is 2.19. The Labute approximate surface area is 173 Å². The molecule has 2 unspecified atom stereocenters. The van der Waals surface area contributed by atoms with Crippen LogP contribution in [-0.4, -0.2) is 26.2 Å². The van der Waals surface area contributed by atoms with E-state index in [1.165, 1.54) is 12.1 Å². The van der Waals surface area contributed by atoms with Crippen LogP contribution in [-0.2, 0) is 13.6 Å². The number of nitrogens with zero attached hydrogens (tertiary/aromatic N) is 5. The molecule has 2 aliphatic rings. The second kappa shape index (κ2) is 6.82. The van der Waals surface area contributed by atoms with Crippen molar-refractivity contribution in [2.45, 2.75) is 32.0 Å². The van der Waals surface area contributed by atoms with Gasteiger partial charge in [0.25, 0.3) is 0 Å². The van der Waals surface area contributed by atoms with Crippen LogP contribution < -0.4 is 10.5 Å². The number of hydrogen-bond donors (Lipinski definition) is 1. The molecule has 0 radical (unpaired) electrons. The molecule has 8 heteroatoms. The zero-order valence-electron chi connectivity index (χ0n) is 16.8. The van der Waals surface area contributed by atoms with E-state index in [-0.39, 0.29) is 17.7 Å². The Morgan fingerprint density at radius 3 is 2.87 bits per heavy atom. The second-order valence-corrected chi connectivity index (χ2v) is 7.82. The molecule has 7 nitrogen and oxygen atoms in total. The highest BCUT2D eigenvalue weighted by atomic mass is 19.1. The molecule has 0 amide bonds. The maximum absolute atomic E-state index is 14.1. The lowest BCUT2D eigenvalue weighted by molar-refractivity contribution is 0.0776. The molecule has 152 valence electrons. The van der Waals surface area contributed by atoms with Crippen molar-refractivity contribution >= 4 is 5.82 Å². The monoisotopic (exact) mass is 404 g/mol. The average molecular weight is 404 g/mol. The summed E-state index contributed by atoms with van der Waals surface area (Å²) < 4.78 is 21.9. The highest BCUT2D eigenvalue weighted by Gasteiger charge is 2.34. The summed E-state index contributed by atoms with van der Waals surface area (Å²) in [7, 11) is 1.76. The number of hydrogen-bond acceptors (Lipinski definition) is 6. The SMILES string of the molecule is CC1Oc2cc(cnc2N)-c2c(nn(C)c2C#N)CN2CCC2c2ccc(F)cc21. The minimum absolute atomic E-state index is 0.139. The molecule has 1 aromatic carbocycles. The third-order valence-corrected chi connectivity index (χ3v) is 6.03. The largest absolute Gasteiger partial charge is 0.482 e. The molecule has 0 saturated carbocycles. The van der Waals surface area contributed by atoms with Crippen LogP contribution >= 0.6 is 0 Å². The summed E-state index contributed by atoms with van der Waals surface area (Å²) >= 11 is 0. The molecule has 0 aliphatic carbocycles. The quantitative estimate of drug-likeness (QED) is 0.617. The van der Waals surface area contributed by atoms with Gasteiger partial charge in [0.2, 0.25) is 0 Å². The Balaban J connectivity index is 1.73. The number of ether oxygens (including phenoxy) is 1. The number of aromatic nitrogens is 3. The van der Waals surface area contributed by atoms with Gasteiger partial charge in [-0.25, -0.2) is 9.37 Å². The molecular formula is C22H21FN6O. The topological polar surface area (TPSA) is 93.0 Å². The average Bonchev–Trinajstić information content (AvgIpc) is 3.02. The number of nitrogens with two attached hydrogens (primary N) is 1. The third kappa shape index (κ3) is 2.82. The molecule has 5 rings (SSSR count). The van der Waals surface area contributed by atoms with Crippen molar-refractivity contribution < 1.29 is 9.13 Å². The van der Waals surface area contributed by atoms with Crippen molar-refractivity contribution in [3.8, 4) is 22.9 Å². The van der Waals surface area contributed by atoms with Gasteiger partial charge in [-0.1, -0.05) is 6.07 Å². The minimum Gasteiger partial charge on any atom is -0.482 e. The van der Waals surface area contributed by atoms with Crippen LogP contribution in [0.25, 0.3) is 11.1 Å². The number of nitriles is 1. The summed E-state index contributed by atoms with van der Waals surface area (Å²) in [4.78, 5) is 6.58. The lowest BCUT2D eigenvalue weighted by Gasteiger charge is -2.42. The van der Waals surface area contributed by atoms with Crippen molar-refractivity contribution in [1.29, 1.82) is 5.26 Å². The Morgan fingerprint density at radius 2 is 2.13 bits per heavy atom.